The average Bonchev–Trinajstić information content (AvgIpc) is 3.45. The molecule has 3 aromatic rings. The molecule has 2 atom stereocenters. The number of fused-ring (bicyclic) bond motifs is 1. The van der Waals surface area contributed by atoms with E-state index in [-0.39, 0.29) is 6.04 Å². The molecule has 1 aliphatic rings. The molecule has 1 fully saturated rings. The highest BCUT2D eigenvalue weighted by Crippen LogP contribution is 2.27. The molecule has 10 heteroatoms. The standard InChI is InChI=1S/C24H36N8OSi/c1-19-12-26-7-9-30(19)16-21(14-25-2)32-15-20(13-29-32)23-22-6-8-31(24(22)28-17-27-23)18-33-10-11-34(3,4)5/h6,8,13,15,17,19,21,26H,7,9-12,14,16,18H2,1,3-5H3/t19-,21?/m0/s1. The van der Waals surface area contributed by atoms with E-state index in [1.54, 1.807) is 6.33 Å². The normalized spacial score (nSPS) is 18.3. The van der Waals surface area contributed by atoms with Gasteiger partial charge in [-0.15, -0.1) is 0 Å². The fraction of sp³-hybridized carbons (Fsp3) is 0.583. The fourth-order valence-electron chi connectivity index (χ4n) is 4.29. The van der Waals surface area contributed by atoms with Crippen molar-refractivity contribution in [2.75, 3.05) is 39.3 Å². The second-order valence-corrected chi connectivity index (χ2v) is 16.0. The van der Waals surface area contributed by atoms with Crippen LogP contribution >= 0.6 is 0 Å². The third-order valence-corrected chi connectivity index (χ3v) is 8.12. The molecule has 1 aliphatic heterocycles. The molecule has 9 nitrogen and oxygen atoms in total. The van der Waals surface area contributed by atoms with E-state index < -0.39 is 8.07 Å². The Balaban J connectivity index is 1.50. The van der Waals surface area contributed by atoms with Gasteiger partial charge >= 0.3 is 0 Å². The molecule has 0 bridgehead atoms. The maximum absolute atomic E-state index is 7.45. The van der Waals surface area contributed by atoms with Crippen molar-refractivity contribution in [1.29, 1.82) is 0 Å². The number of hydrogen-bond donors (Lipinski definition) is 1. The van der Waals surface area contributed by atoms with Crippen molar-refractivity contribution in [2.24, 2.45) is 0 Å². The van der Waals surface area contributed by atoms with Crippen LogP contribution in [-0.4, -0.2) is 82.7 Å². The van der Waals surface area contributed by atoms with E-state index in [1.807, 2.05) is 33.9 Å². The predicted octanol–water partition coefficient (Wildman–Crippen LogP) is 3.36. The predicted molar refractivity (Wildman–Crippen MR) is 137 cm³/mol. The first kappa shape index (κ1) is 24.5. The van der Waals surface area contributed by atoms with Crippen molar-refractivity contribution in [3.05, 3.63) is 42.4 Å². The van der Waals surface area contributed by atoms with Gasteiger partial charge in [-0.05, 0) is 19.0 Å². The highest BCUT2D eigenvalue weighted by molar-refractivity contribution is 6.76. The highest BCUT2D eigenvalue weighted by Gasteiger charge is 2.25. The second-order valence-electron chi connectivity index (χ2n) is 10.3. The van der Waals surface area contributed by atoms with E-state index >= 15 is 0 Å². The third kappa shape index (κ3) is 5.91. The first-order valence-electron chi connectivity index (χ1n) is 12.1. The molecule has 0 amide bonds. The summed E-state index contributed by atoms with van der Waals surface area (Å²) in [5, 5.41) is 9.05. The topological polar surface area (TPSA) is 77.4 Å². The maximum atomic E-state index is 7.45. The average molecular weight is 481 g/mol. The lowest BCUT2D eigenvalue weighted by molar-refractivity contribution is 0.0899. The summed E-state index contributed by atoms with van der Waals surface area (Å²) in [6.07, 6.45) is 7.48. The first-order valence-corrected chi connectivity index (χ1v) is 15.8. The van der Waals surface area contributed by atoms with Crippen LogP contribution in [-0.2, 0) is 11.5 Å². The molecule has 1 N–H and O–H groups in total. The Bertz CT molecular complexity index is 1130. The van der Waals surface area contributed by atoms with Crippen molar-refractivity contribution >= 4 is 19.1 Å². The van der Waals surface area contributed by atoms with Gasteiger partial charge in [0.15, 0.2) is 0 Å². The Kier molecular flexibility index (Phi) is 7.78. The van der Waals surface area contributed by atoms with Crippen LogP contribution in [0.4, 0.5) is 0 Å². The summed E-state index contributed by atoms with van der Waals surface area (Å²) in [4.78, 5) is 15.2. The van der Waals surface area contributed by atoms with Crippen LogP contribution in [0.15, 0.2) is 31.0 Å². The van der Waals surface area contributed by atoms with Gasteiger partial charge in [0, 0.05) is 70.2 Å². The molecule has 4 heterocycles. The van der Waals surface area contributed by atoms with Gasteiger partial charge in [0.1, 0.15) is 24.7 Å². The van der Waals surface area contributed by atoms with Crippen molar-refractivity contribution < 1.29 is 4.74 Å². The highest BCUT2D eigenvalue weighted by atomic mass is 28.3. The summed E-state index contributed by atoms with van der Waals surface area (Å²) in [6, 6.07) is 3.65. The first-order chi connectivity index (χ1) is 16.4. The van der Waals surface area contributed by atoms with Crippen LogP contribution in [0.25, 0.3) is 27.1 Å². The van der Waals surface area contributed by atoms with E-state index in [1.165, 1.54) is 0 Å². The Morgan fingerprint density at radius 1 is 1.32 bits per heavy atom. The number of rotatable bonds is 10. The molecule has 1 unspecified atom stereocenters. The molecule has 0 radical (unpaired) electrons. The SMILES string of the molecule is [C-]#[N+]CC(CN1CCNC[C@@H]1C)n1cc(-c2ncnc3c2ccn3COCC[Si](C)(C)C)cn1. The minimum absolute atomic E-state index is 0.00786. The number of nitrogens with zero attached hydrogens (tertiary/aromatic N) is 7. The van der Waals surface area contributed by atoms with Crippen LogP contribution in [0, 0.1) is 6.57 Å². The van der Waals surface area contributed by atoms with E-state index in [0.717, 1.165) is 61.1 Å². The smallest absolute Gasteiger partial charge is 0.238 e. The molecule has 0 aliphatic carbocycles. The zero-order valence-corrected chi connectivity index (χ0v) is 21.7. The van der Waals surface area contributed by atoms with Gasteiger partial charge < -0.3 is 19.5 Å². The number of ether oxygens (including phenoxy) is 1. The monoisotopic (exact) mass is 480 g/mol. The number of nitrogens with one attached hydrogen (secondary N) is 1. The third-order valence-electron chi connectivity index (χ3n) is 6.42. The molecular formula is C24H36N8OSi. The van der Waals surface area contributed by atoms with E-state index in [0.29, 0.717) is 19.3 Å². The number of aromatic nitrogens is 5. The van der Waals surface area contributed by atoms with Crippen LogP contribution in [0.3, 0.4) is 0 Å². The molecule has 1 saturated heterocycles. The summed E-state index contributed by atoms with van der Waals surface area (Å²) < 4.78 is 9.90. The van der Waals surface area contributed by atoms with Gasteiger partial charge in [0.2, 0.25) is 6.54 Å². The maximum Gasteiger partial charge on any atom is 0.238 e. The lowest BCUT2D eigenvalue weighted by Crippen LogP contribution is -2.51. The number of hydrogen-bond acceptors (Lipinski definition) is 6. The van der Waals surface area contributed by atoms with Crippen molar-refractivity contribution in [1.82, 2.24) is 34.5 Å². The van der Waals surface area contributed by atoms with Gasteiger partial charge in [0.25, 0.3) is 0 Å². The van der Waals surface area contributed by atoms with Crippen molar-refractivity contribution in [3.8, 4) is 11.3 Å². The van der Waals surface area contributed by atoms with Gasteiger partial charge in [-0.1, -0.05) is 19.6 Å². The van der Waals surface area contributed by atoms with Gasteiger partial charge in [-0.2, -0.15) is 5.10 Å². The van der Waals surface area contributed by atoms with Crippen LogP contribution < -0.4 is 5.32 Å². The van der Waals surface area contributed by atoms with E-state index in [2.05, 4.69) is 56.7 Å². The van der Waals surface area contributed by atoms with Crippen LogP contribution in [0.1, 0.15) is 13.0 Å². The summed E-state index contributed by atoms with van der Waals surface area (Å²) in [5.41, 5.74) is 2.65. The second kappa shape index (κ2) is 10.8. The Labute approximate surface area is 203 Å². The van der Waals surface area contributed by atoms with Crippen molar-refractivity contribution in [2.45, 2.75) is 51.4 Å². The van der Waals surface area contributed by atoms with Gasteiger partial charge in [-0.25, -0.2) is 16.5 Å². The minimum Gasteiger partial charge on any atom is -0.361 e. The van der Waals surface area contributed by atoms with E-state index in [9.17, 15) is 0 Å². The lowest BCUT2D eigenvalue weighted by atomic mass is 10.1. The molecule has 0 spiro atoms. The molecule has 3 aromatic heterocycles. The Morgan fingerprint density at radius 3 is 2.94 bits per heavy atom. The summed E-state index contributed by atoms with van der Waals surface area (Å²) in [6.45, 7) is 22.2. The summed E-state index contributed by atoms with van der Waals surface area (Å²) in [5.74, 6) is 0. The zero-order chi connectivity index (χ0) is 24.1. The quantitative estimate of drug-likeness (QED) is 0.272. The minimum atomic E-state index is -1.11. The Morgan fingerprint density at radius 2 is 2.18 bits per heavy atom. The summed E-state index contributed by atoms with van der Waals surface area (Å²) in [7, 11) is -1.11. The van der Waals surface area contributed by atoms with Gasteiger partial charge in [-0.3, -0.25) is 9.58 Å². The molecular weight excluding hydrogens is 444 g/mol. The van der Waals surface area contributed by atoms with E-state index in [4.69, 9.17) is 11.3 Å². The molecule has 4 rings (SSSR count). The molecule has 34 heavy (non-hydrogen) atoms. The number of piperazine rings is 1. The van der Waals surface area contributed by atoms with Crippen LogP contribution in [0.5, 0.6) is 0 Å². The molecule has 0 saturated carbocycles. The summed E-state index contributed by atoms with van der Waals surface area (Å²) >= 11 is 0. The molecule has 0 aromatic carbocycles. The molecule has 182 valence electrons. The van der Waals surface area contributed by atoms with Crippen molar-refractivity contribution in [3.63, 3.8) is 0 Å². The lowest BCUT2D eigenvalue weighted by Gasteiger charge is -2.35. The van der Waals surface area contributed by atoms with Gasteiger partial charge in [0.05, 0.1) is 11.9 Å². The largest absolute Gasteiger partial charge is 0.361 e. The van der Waals surface area contributed by atoms with Crippen LogP contribution in [0.2, 0.25) is 25.7 Å². The Hall–Kier alpha value is -2.58. The zero-order valence-electron chi connectivity index (χ0n) is 20.7. The fourth-order valence-corrected chi connectivity index (χ4v) is 5.05.